The van der Waals surface area contributed by atoms with Crippen LogP contribution < -0.4 is 10.6 Å². The Bertz CT molecular complexity index is 481. The van der Waals surface area contributed by atoms with Crippen LogP contribution in [0.5, 0.6) is 0 Å². The predicted molar refractivity (Wildman–Crippen MR) is 87.9 cm³/mol. The molecule has 6 heteroatoms. The van der Waals surface area contributed by atoms with Crippen LogP contribution in [0, 0.1) is 19.8 Å². The van der Waals surface area contributed by atoms with Gasteiger partial charge in [-0.05, 0) is 31.7 Å². The number of hydrogen-bond donors (Lipinski definition) is 3. The molecule has 1 aromatic rings. The molecule has 0 saturated carbocycles. The highest BCUT2D eigenvalue weighted by atomic mass is 16.3. The minimum Gasteiger partial charge on any atom is -0.391 e. The van der Waals surface area contributed by atoms with E-state index in [0.717, 1.165) is 30.7 Å². The molecular weight excluding hydrogens is 280 g/mol. The summed E-state index contributed by atoms with van der Waals surface area (Å²) in [5, 5.41) is 19.9. The van der Waals surface area contributed by atoms with Crippen LogP contribution in [-0.2, 0) is 13.5 Å². The maximum absolute atomic E-state index is 11.8. The van der Waals surface area contributed by atoms with E-state index in [0.29, 0.717) is 13.1 Å². The maximum atomic E-state index is 11.8. The van der Waals surface area contributed by atoms with Crippen molar-refractivity contribution in [1.29, 1.82) is 0 Å². The van der Waals surface area contributed by atoms with Crippen molar-refractivity contribution >= 4 is 6.03 Å². The van der Waals surface area contributed by atoms with E-state index in [4.69, 9.17) is 0 Å². The van der Waals surface area contributed by atoms with Gasteiger partial charge in [0.15, 0.2) is 0 Å². The molecule has 0 aromatic carbocycles. The second-order valence-corrected chi connectivity index (χ2v) is 5.80. The van der Waals surface area contributed by atoms with E-state index in [2.05, 4.69) is 29.6 Å². The lowest BCUT2D eigenvalue weighted by Gasteiger charge is -2.20. The SMILES string of the molecule is CCC(CC)C(O)CNC(=O)NCCc1c(C)nn(C)c1C. The molecule has 22 heavy (non-hydrogen) atoms. The van der Waals surface area contributed by atoms with E-state index in [9.17, 15) is 9.90 Å². The third kappa shape index (κ3) is 5.02. The molecule has 3 N–H and O–H groups in total. The highest BCUT2D eigenvalue weighted by Gasteiger charge is 2.16. The summed E-state index contributed by atoms with van der Waals surface area (Å²) in [6.07, 6.45) is 2.11. The second-order valence-electron chi connectivity index (χ2n) is 5.80. The molecule has 126 valence electrons. The minimum atomic E-state index is -0.483. The smallest absolute Gasteiger partial charge is 0.314 e. The summed E-state index contributed by atoms with van der Waals surface area (Å²) in [7, 11) is 1.92. The normalized spacial score (nSPS) is 12.5. The van der Waals surface area contributed by atoms with Crippen LogP contribution >= 0.6 is 0 Å². The summed E-state index contributed by atoms with van der Waals surface area (Å²) in [4.78, 5) is 11.8. The number of carbonyl (C=O) groups is 1. The lowest BCUT2D eigenvalue weighted by atomic mass is 9.97. The molecule has 0 aliphatic rings. The average Bonchev–Trinajstić information content (AvgIpc) is 2.72. The van der Waals surface area contributed by atoms with Crippen molar-refractivity contribution in [3.8, 4) is 0 Å². The fraction of sp³-hybridized carbons (Fsp3) is 0.750. The third-order valence-corrected chi connectivity index (χ3v) is 4.38. The molecule has 0 saturated heterocycles. The van der Waals surface area contributed by atoms with Crippen molar-refractivity contribution in [2.75, 3.05) is 13.1 Å². The lowest BCUT2D eigenvalue weighted by Crippen LogP contribution is -2.42. The number of rotatable bonds is 8. The van der Waals surface area contributed by atoms with Gasteiger partial charge in [-0.15, -0.1) is 0 Å². The molecule has 0 fully saturated rings. The summed E-state index contributed by atoms with van der Waals surface area (Å²) >= 11 is 0. The number of aryl methyl sites for hydroxylation is 2. The first-order valence-corrected chi connectivity index (χ1v) is 8.09. The zero-order valence-electron chi connectivity index (χ0n) is 14.4. The van der Waals surface area contributed by atoms with Crippen molar-refractivity contribution in [2.45, 2.75) is 53.1 Å². The summed E-state index contributed by atoms with van der Waals surface area (Å²) in [5.74, 6) is 0.237. The summed E-state index contributed by atoms with van der Waals surface area (Å²) in [6, 6.07) is -0.232. The summed E-state index contributed by atoms with van der Waals surface area (Å²) in [5.41, 5.74) is 3.31. The number of hydrogen-bond acceptors (Lipinski definition) is 3. The van der Waals surface area contributed by atoms with Gasteiger partial charge in [-0.1, -0.05) is 26.7 Å². The molecule has 1 atom stereocenters. The van der Waals surface area contributed by atoms with Gasteiger partial charge in [0.1, 0.15) is 0 Å². The van der Waals surface area contributed by atoms with Gasteiger partial charge < -0.3 is 15.7 Å². The van der Waals surface area contributed by atoms with Crippen LogP contribution in [0.25, 0.3) is 0 Å². The standard InChI is InChI=1S/C16H30N4O2/c1-6-13(7-2)15(21)10-18-16(22)17-9-8-14-11(3)19-20(5)12(14)4/h13,15,21H,6-10H2,1-5H3,(H2,17,18,22). The van der Waals surface area contributed by atoms with Gasteiger partial charge in [-0.3, -0.25) is 4.68 Å². The number of amides is 2. The van der Waals surface area contributed by atoms with Crippen LogP contribution in [0.15, 0.2) is 0 Å². The first-order valence-electron chi connectivity index (χ1n) is 8.09. The first-order chi connectivity index (χ1) is 10.4. The Morgan fingerprint density at radius 2 is 1.91 bits per heavy atom. The van der Waals surface area contributed by atoms with Crippen molar-refractivity contribution < 1.29 is 9.90 Å². The first kappa shape index (κ1) is 18.5. The number of carbonyl (C=O) groups excluding carboxylic acids is 1. The number of nitrogens with one attached hydrogen (secondary N) is 2. The highest BCUT2D eigenvalue weighted by Crippen LogP contribution is 2.12. The number of urea groups is 1. The molecule has 1 heterocycles. The second kappa shape index (κ2) is 8.78. The number of aliphatic hydroxyl groups excluding tert-OH is 1. The largest absolute Gasteiger partial charge is 0.391 e. The van der Waals surface area contributed by atoms with Gasteiger partial charge in [0.05, 0.1) is 11.8 Å². The van der Waals surface area contributed by atoms with Crippen molar-refractivity contribution in [2.24, 2.45) is 13.0 Å². The monoisotopic (exact) mass is 310 g/mol. The molecule has 1 rings (SSSR count). The molecular formula is C16H30N4O2. The van der Waals surface area contributed by atoms with Gasteiger partial charge in [0.2, 0.25) is 0 Å². The van der Waals surface area contributed by atoms with Crippen molar-refractivity contribution in [3.63, 3.8) is 0 Å². The van der Waals surface area contributed by atoms with Gasteiger partial charge in [-0.25, -0.2) is 4.79 Å². The lowest BCUT2D eigenvalue weighted by molar-refractivity contribution is 0.103. The Balaban J connectivity index is 2.32. The topological polar surface area (TPSA) is 79.2 Å². The van der Waals surface area contributed by atoms with E-state index in [1.54, 1.807) is 0 Å². The number of nitrogens with zero attached hydrogens (tertiary/aromatic N) is 2. The van der Waals surface area contributed by atoms with Crippen LogP contribution in [0.4, 0.5) is 4.79 Å². The van der Waals surface area contributed by atoms with Gasteiger partial charge in [-0.2, -0.15) is 5.10 Å². The van der Waals surface area contributed by atoms with E-state index in [-0.39, 0.29) is 11.9 Å². The quantitative estimate of drug-likeness (QED) is 0.683. The Kier molecular flexibility index (Phi) is 7.38. The summed E-state index contributed by atoms with van der Waals surface area (Å²) < 4.78 is 1.86. The van der Waals surface area contributed by atoms with Crippen molar-refractivity contribution in [1.82, 2.24) is 20.4 Å². The Hall–Kier alpha value is -1.56. The molecule has 1 aromatic heterocycles. The van der Waals surface area contributed by atoms with E-state index >= 15 is 0 Å². The van der Waals surface area contributed by atoms with E-state index < -0.39 is 6.10 Å². The maximum Gasteiger partial charge on any atom is 0.314 e. The Labute approximate surface area is 133 Å². The zero-order chi connectivity index (χ0) is 16.7. The van der Waals surface area contributed by atoms with Gasteiger partial charge in [0, 0.05) is 25.8 Å². The average molecular weight is 310 g/mol. The van der Waals surface area contributed by atoms with E-state index in [1.165, 1.54) is 5.56 Å². The van der Waals surface area contributed by atoms with Crippen LogP contribution in [0.1, 0.15) is 43.6 Å². The van der Waals surface area contributed by atoms with Gasteiger partial charge in [0.25, 0.3) is 0 Å². The fourth-order valence-electron chi connectivity index (χ4n) is 2.74. The Morgan fingerprint density at radius 1 is 1.27 bits per heavy atom. The molecule has 0 spiro atoms. The molecule has 0 bridgehead atoms. The third-order valence-electron chi connectivity index (χ3n) is 4.38. The highest BCUT2D eigenvalue weighted by molar-refractivity contribution is 5.73. The van der Waals surface area contributed by atoms with Crippen LogP contribution in [0.3, 0.4) is 0 Å². The summed E-state index contributed by atoms with van der Waals surface area (Å²) in [6.45, 7) is 8.96. The fourth-order valence-corrected chi connectivity index (χ4v) is 2.74. The number of aromatic nitrogens is 2. The molecule has 0 radical (unpaired) electrons. The van der Waals surface area contributed by atoms with Gasteiger partial charge >= 0.3 is 6.03 Å². The van der Waals surface area contributed by atoms with Crippen LogP contribution in [0.2, 0.25) is 0 Å². The predicted octanol–water partition coefficient (Wildman–Crippen LogP) is 1.68. The number of aliphatic hydroxyl groups is 1. The molecule has 2 amide bonds. The molecule has 6 nitrogen and oxygen atoms in total. The minimum absolute atomic E-state index is 0.232. The van der Waals surface area contributed by atoms with Crippen molar-refractivity contribution in [3.05, 3.63) is 17.0 Å². The molecule has 0 aliphatic heterocycles. The van der Waals surface area contributed by atoms with Crippen LogP contribution in [-0.4, -0.2) is 40.1 Å². The van der Waals surface area contributed by atoms with E-state index in [1.807, 2.05) is 25.6 Å². The molecule has 1 unspecified atom stereocenters. The Morgan fingerprint density at radius 3 is 2.41 bits per heavy atom. The zero-order valence-corrected chi connectivity index (χ0v) is 14.4. The molecule has 0 aliphatic carbocycles.